The Bertz CT molecular complexity index is 415. The van der Waals surface area contributed by atoms with Gasteiger partial charge in [-0.05, 0) is 28.7 Å². The fourth-order valence-electron chi connectivity index (χ4n) is 1.08. The second-order valence-corrected chi connectivity index (χ2v) is 4.21. The predicted molar refractivity (Wildman–Crippen MR) is 62.8 cm³/mol. The first-order valence-corrected chi connectivity index (χ1v) is 5.74. The van der Waals surface area contributed by atoms with Crippen molar-refractivity contribution in [3.8, 4) is 0 Å². The Hall–Kier alpha value is -0.500. The molecule has 3 nitrogen and oxygen atoms in total. The average molecular weight is 362 g/mol. The topological polar surface area (TPSA) is 39.2 Å². The van der Waals surface area contributed by atoms with Crippen LogP contribution >= 0.6 is 34.2 Å². The molecule has 88 valence electrons. The summed E-state index contributed by atoms with van der Waals surface area (Å²) in [5.74, 6) is -0.850. The van der Waals surface area contributed by atoms with Gasteiger partial charge in [-0.2, -0.15) is 0 Å². The smallest absolute Gasteiger partial charge is 0.357 e. The summed E-state index contributed by atoms with van der Waals surface area (Å²) in [5.41, 5.74) is -0.257. The van der Waals surface area contributed by atoms with E-state index in [0.717, 1.165) is 0 Å². The van der Waals surface area contributed by atoms with E-state index in [4.69, 9.17) is 11.6 Å². The Morgan fingerprint density at radius 1 is 1.69 bits per heavy atom. The number of nitrogens with zero attached hydrogens (tertiary/aromatic N) is 1. The number of halogens is 4. The van der Waals surface area contributed by atoms with Gasteiger partial charge in [0.05, 0.1) is 18.7 Å². The van der Waals surface area contributed by atoms with Gasteiger partial charge in [0.25, 0.3) is 6.43 Å². The van der Waals surface area contributed by atoms with E-state index in [2.05, 4.69) is 9.72 Å². The second-order valence-electron chi connectivity index (χ2n) is 2.78. The highest BCUT2D eigenvalue weighted by atomic mass is 127. The minimum atomic E-state index is -2.67. The zero-order chi connectivity index (χ0) is 12.3. The molecule has 0 bridgehead atoms. The maximum Gasteiger partial charge on any atom is 0.357 e. The van der Waals surface area contributed by atoms with Gasteiger partial charge in [0.2, 0.25) is 0 Å². The maximum absolute atomic E-state index is 12.6. The zero-order valence-corrected chi connectivity index (χ0v) is 11.1. The number of aromatic nitrogens is 1. The van der Waals surface area contributed by atoms with Crippen molar-refractivity contribution >= 4 is 40.2 Å². The molecule has 0 N–H and O–H groups in total. The van der Waals surface area contributed by atoms with Crippen molar-refractivity contribution in [3.05, 3.63) is 26.6 Å². The molecule has 0 fully saturated rings. The van der Waals surface area contributed by atoms with E-state index in [1.807, 2.05) is 0 Å². The average Bonchev–Trinajstić information content (AvgIpc) is 2.27. The molecule has 7 heteroatoms. The molecule has 16 heavy (non-hydrogen) atoms. The molecule has 0 aliphatic heterocycles. The van der Waals surface area contributed by atoms with Gasteiger partial charge in [-0.15, -0.1) is 11.6 Å². The Labute approximate surface area is 109 Å². The van der Waals surface area contributed by atoms with E-state index >= 15 is 0 Å². The van der Waals surface area contributed by atoms with Gasteiger partial charge in [0.1, 0.15) is 0 Å². The number of carbonyl (C=O) groups is 1. The lowest BCUT2D eigenvalue weighted by molar-refractivity contribution is 0.0591. The first-order valence-electron chi connectivity index (χ1n) is 4.13. The van der Waals surface area contributed by atoms with Crippen LogP contribution in [0.2, 0.25) is 0 Å². The standard InChI is InChI=1S/C9H7ClF2INO2/c1-16-9(15)7-5(13)2-4(8(11)12)6(3-10)14-7/h2,8H,3H2,1H3. The Kier molecular flexibility index (Phi) is 4.85. The number of alkyl halides is 3. The quantitative estimate of drug-likeness (QED) is 0.472. The third-order valence-corrected chi connectivity index (χ3v) is 2.90. The lowest BCUT2D eigenvalue weighted by atomic mass is 10.2. The van der Waals surface area contributed by atoms with Crippen molar-refractivity contribution < 1.29 is 18.3 Å². The van der Waals surface area contributed by atoms with E-state index in [1.54, 1.807) is 22.6 Å². The molecule has 0 aromatic carbocycles. The van der Waals surface area contributed by atoms with Crippen LogP contribution in [0.4, 0.5) is 8.78 Å². The Balaban J connectivity index is 3.31. The number of ether oxygens (including phenoxy) is 1. The van der Waals surface area contributed by atoms with E-state index in [0.29, 0.717) is 3.57 Å². The summed E-state index contributed by atoms with van der Waals surface area (Å²) in [7, 11) is 1.20. The molecule has 0 unspecified atom stereocenters. The van der Waals surface area contributed by atoms with Crippen molar-refractivity contribution in [2.45, 2.75) is 12.3 Å². The monoisotopic (exact) mass is 361 g/mol. The summed E-state index contributed by atoms with van der Waals surface area (Å²) in [4.78, 5) is 15.1. The van der Waals surface area contributed by atoms with Crippen LogP contribution in [0.1, 0.15) is 28.2 Å². The van der Waals surface area contributed by atoms with Crippen molar-refractivity contribution in [3.63, 3.8) is 0 Å². The summed E-state index contributed by atoms with van der Waals surface area (Å²) in [6, 6.07) is 1.20. The highest BCUT2D eigenvalue weighted by molar-refractivity contribution is 14.1. The zero-order valence-electron chi connectivity index (χ0n) is 8.14. The van der Waals surface area contributed by atoms with Crippen LogP contribution in [0, 0.1) is 3.57 Å². The Morgan fingerprint density at radius 3 is 2.75 bits per heavy atom. The van der Waals surface area contributed by atoms with Crippen molar-refractivity contribution in [2.24, 2.45) is 0 Å². The molecular formula is C9H7ClF2INO2. The van der Waals surface area contributed by atoms with Crippen LogP contribution in [0.5, 0.6) is 0 Å². The molecular weight excluding hydrogens is 354 g/mol. The highest BCUT2D eigenvalue weighted by Crippen LogP contribution is 2.26. The molecule has 0 radical (unpaired) electrons. The van der Waals surface area contributed by atoms with Crippen molar-refractivity contribution in [1.82, 2.24) is 4.98 Å². The summed E-state index contributed by atoms with van der Waals surface area (Å²) in [6.45, 7) is 0. The fraction of sp³-hybridized carbons (Fsp3) is 0.333. The number of pyridine rings is 1. The van der Waals surface area contributed by atoms with Gasteiger partial charge in [-0.1, -0.05) is 0 Å². The third-order valence-electron chi connectivity index (χ3n) is 1.83. The van der Waals surface area contributed by atoms with E-state index in [1.165, 1.54) is 13.2 Å². The summed E-state index contributed by atoms with van der Waals surface area (Å²) >= 11 is 7.25. The number of methoxy groups -OCH3 is 1. The SMILES string of the molecule is COC(=O)c1nc(CCl)c(C(F)F)cc1I. The number of rotatable bonds is 3. The van der Waals surface area contributed by atoms with Crippen molar-refractivity contribution in [2.75, 3.05) is 7.11 Å². The minimum Gasteiger partial charge on any atom is -0.464 e. The number of esters is 1. The summed E-state index contributed by atoms with van der Waals surface area (Å²) in [6.07, 6.45) is -2.67. The predicted octanol–water partition coefficient (Wildman–Crippen LogP) is 3.15. The molecule has 1 aromatic rings. The summed E-state index contributed by atoms with van der Waals surface area (Å²) in [5, 5.41) is 0. The molecule has 0 saturated carbocycles. The molecule has 0 aliphatic carbocycles. The van der Waals surface area contributed by atoms with Crippen LogP contribution < -0.4 is 0 Å². The molecule has 0 aliphatic rings. The van der Waals surface area contributed by atoms with Crippen LogP contribution in [0.3, 0.4) is 0 Å². The highest BCUT2D eigenvalue weighted by Gasteiger charge is 2.20. The van der Waals surface area contributed by atoms with Gasteiger partial charge in [0.15, 0.2) is 5.69 Å². The molecule has 0 spiro atoms. The Morgan fingerprint density at radius 2 is 2.31 bits per heavy atom. The van der Waals surface area contributed by atoms with Gasteiger partial charge in [-0.25, -0.2) is 18.6 Å². The number of hydrogen-bond acceptors (Lipinski definition) is 3. The lowest BCUT2D eigenvalue weighted by Gasteiger charge is -2.09. The molecule has 0 atom stereocenters. The number of hydrogen-bond donors (Lipinski definition) is 0. The molecule has 0 saturated heterocycles. The van der Waals surface area contributed by atoms with Crippen LogP contribution in [-0.4, -0.2) is 18.1 Å². The van der Waals surface area contributed by atoms with E-state index in [-0.39, 0.29) is 22.8 Å². The molecule has 1 rings (SSSR count). The minimum absolute atomic E-state index is 0.00233. The normalized spacial score (nSPS) is 10.6. The molecule has 1 heterocycles. The largest absolute Gasteiger partial charge is 0.464 e. The van der Waals surface area contributed by atoms with Gasteiger partial charge in [0, 0.05) is 9.13 Å². The lowest BCUT2D eigenvalue weighted by Crippen LogP contribution is -2.10. The van der Waals surface area contributed by atoms with Crippen molar-refractivity contribution in [1.29, 1.82) is 0 Å². The van der Waals surface area contributed by atoms with Crippen LogP contribution in [-0.2, 0) is 10.6 Å². The van der Waals surface area contributed by atoms with Crippen LogP contribution in [0.25, 0.3) is 0 Å². The van der Waals surface area contributed by atoms with E-state index in [9.17, 15) is 13.6 Å². The first kappa shape index (κ1) is 13.6. The molecule has 0 amide bonds. The molecule has 1 aromatic heterocycles. The second kappa shape index (κ2) is 5.72. The van der Waals surface area contributed by atoms with Gasteiger partial charge < -0.3 is 4.74 Å². The van der Waals surface area contributed by atoms with Gasteiger partial charge >= 0.3 is 5.97 Å². The summed E-state index contributed by atoms with van der Waals surface area (Å²) < 4.78 is 30.0. The van der Waals surface area contributed by atoms with E-state index < -0.39 is 12.4 Å². The third kappa shape index (κ3) is 2.79. The van der Waals surface area contributed by atoms with Gasteiger partial charge in [-0.3, -0.25) is 0 Å². The fourth-order valence-corrected chi connectivity index (χ4v) is 1.97. The van der Waals surface area contributed by atoms with Crippen LogP contribution in [0.15, 0.2) is 6.07 Å². The first-order chi connectivity index (χ1) is 7.51. The number of carbonyl (C=O) groups excluding carboxylic acids is 1. The maximum atomic E-state index is 12.6.